The summed E-state index contributed by atoms with van der Waals surface area (Å²) in [5.41, 5.74) is 1.75. The van der Waals surface area contributed by atoms with Gasteiger partial charge in [0.1, 0.15) is 17.1 Å². The van der Waals surface area contributed by atoms with Crippen LogP contribution in [-0.2, 0) is 0 Å². The third-order valence-corrected chi connectivity index (χ3v) is 2.46. The monoisotopic (exact) mass is 229 g/mol. The standard InChI is InChI=1S/C13H8FNO2/c14-9-3-6-12-11(7-9)15-13(17-12)8-1-4-10(16)5-2-8/h1-7,16H. The molecule has 0 aliphatic heterocycles. The number of aromatic hydroxyl groups is 1. The van der Waals surface area contributed by atoms with Crippen LogP contribution in [0.4, 0.5) is 4.39 Å². The maximum absolute atomic E-state index is 13.0. The van der Waals surface area contributed by atoms with Gasteiger partial charge >= 0.3 is 0 Å². The van der Waals surface area contributed by atoms with Crippen molar-refractivity contribution in [1.29, 1.82) is 0 Å². The van der Waals surface area contributed by atoms with Crippen molar-refractivity contribution in [2.75, 3.05) is 0 Å². The fourth-order valence-electron chi connectivity index (χ4n) is 1.63. The Morgan fingerprint density at radius 2 is 1.82 bits per heavy atom. The molecule has 1 heterocycles. The van der Waals surface area contributed by atoms with E-state index in [0.717, 1.165) is 5.56 Å². The van der Waals surface area contributed by atoms with Gasteiger partial charge < -0.3 is 9.52 Å². The molecule has 0 bridgehead atoms. The highest BCUT2D eigenvalue weighted by atomic mass is 19.1. The van der Waals surface area contributed by atoms with Gasteiger partial charge in [0.2, 0.25) is 5.89 Å². The van der Waals surface area contributed by atoms with Gasteiger partial charge in [-0.15, -0.1) is 0 Å². The summed E-state index contributed by atoms with van der Waals surface area (Å²) in [7, 11) is 0. The summed E-state index contributed by atoms with van der Waals surface area (Å²) in [6.45, 7) is 0. The van der Waals surface area contributed by atoms with Crippen molar-refractivity contribution in [3.63, 3.8) is 0 Å². The predicted molar refractivity (Wildman–Crippen MR) is 61.1 cm³/mol. The Balaban J connectivity index is 2.14. The molecular formula is C13H8FNO2. The number of oxazole rings is 1. The molecule has 0 fully saturated rings. The topological polar surface area (TPSA) is 46.3 Å². The van der Waals surface area contributed by atoms with Crippen LogP contribution in [0.5, 0.6) is 5.75 Å². The molecule has 0 saturated heterocycles. The van der Waals surface area contributed by atoms with E-state index in [4.69, 9.17) is 4.42 Å². The Labute approximate surface area is 96.1 Å². The molecular weight excluding hydrogens is 221 g/mol. The fourth-order valence-corrected chi connectivity index (χ4v) is 1.63. The number of phenolic OH excluding ortho intramolecular Hbond substituents is 1. The number of fused-ring (bicyclic) bond motifs is 1. The van der Waals surface area contributed by atoms with Crippen LogP contribution in [0.15, 0.2) is 46.9 Å². The molecule has 1 aromatic heterocycles. The first-order chi connectivity index (χ1) is 8.22. The maximum Gasteiger partial charge on any atom is 0.227 e. The fraction of sp³-hybridized carbons (Fsp3) is 0. The smallest absolute Gasteiger partial charge is 0.227 e. The molecule has 0 unspecified atom stereocenters. The first kappa shape index (κ1) is 9.84. The molecule has 0 aliphatic carbocycles. The minimum atomic E-state index is -0.344. The lowest BCUT2D eigenvalue weighted by atomic mass is 10.2. The molecule has 0 amide bonds. The van der Waals surface area contributed by atoms with E-state index >= 15 is 0 Å². The van der Waals surface area contributed by atoms with Crippen molar-refractivity contribution in [2.24, 2.45) is 0 Å². The van der Waals surface area contributed by atoms with E-state index in [0.29, 0.717) is 17.0 Å². The van der Waals surface area contributed by atoms with Gasteiger partial charge in [0.15, 0.2) is 5.58 Å². The Morgan fingerprint density at radius 1 is 1.06 bits per heavy atom. The number of hydrogen-bond acceptors (Lipinski definition) is 3. The molecule has 3 nitrogen and oxygen atoms in total. The predicted octanol–water partition coefficient (Wildman–Crippen LogP) is 3.34. The van der Waals surface area contributed by atoms with Crippen molar-refractivity contribution in [3.8, 4) is 17.2 Å². The van der Waals surface area contributed by atoms with Crippen LogP contribution in [-0.4, -0.2) is 10.1 Å². The molecule has 0 aliphatic rings. The molecule has 0 radical (unpaired) electrons. The van der Waals surface area contributed by atoms with E-state index in [1.165, 1.54) is 12.1 Å². The average Bonchev–Trinajstić information content (AvgIpc) is 2.72. The third kappa shape index (κ3) is 1.73. The van der Waals surface area contributed by atoms with E-state index in [1.807, 2.05) is 0 Å². The van der Waals surface area contributed by atoms with Gasteiger partial charge in [-0.3, -0.25) is 0 Å². The first-order valence-electron chi connectivity index (χ1n) is 5.08. The van der Waals surface area contributed by atoms with Crippen molar-refractivity contribution in [2.45, 2.75) is 0 Å². The minimum absolute atomic E-state index is 0.177. The summed E-state index contributed by atoms with van der Waals surface area (Å²) in [4.78, 5) is 4.19. The van der Waals surface area contributed by atoms with Crippen LogP contribution in [0.3, 0.4) is 0 Å². The molecule has 3 rings (SSSR count). The van der Waals surface area contributed by atoms with Crippen molar-refractivity contribution >= 4 is 11.1 Å². The molecule has 3 aromatic rings. The van der Waals surface area contributed by atoms with Gasteiger partial charge in [-0.25, -0.2) is 9.37 Å². The van der Waals surface area contributed by atoms with Crippen LogP contribution >= 0.6 is 0 Å². The van der Waals surface area contributed by atoms with Gasteiger partial charge in [-0.05, 0) is 36.4 Å². The Hall–Kier alpha value is -2.36. The third-order valence-electron chi connectivity index (χ3n) is 2.46. The highest BCUT2D eigenvalue weighted by molar-refractivity contribution is 5.76. The molecule has 84 valence electrons. The zero-order valence-corrected chi connectivity index (χ0v) is 8.72. The lowest BCUT2D eigenvalue weighted by molar-refractivity contribution is 0.475. The number of nitrogens with zero attached hydrogens (tertiary/aromatic N) is 1. The van der Waals surface area contributed by atoms with Crippen LogP contribution in [0.25, 0.3) is 22.6 Å². The normalized spacial score (nSPS) is 10.9. The molecule has 1 N–H and O–H groups in total. The van der Waals surface area contributed by atoms with Crippen molar-refractivity contribution < 1.29 is 13.9 Å². The second-order valence-corrected chi connectivity index (χ2v) is 3.68. The van der Waals surface area contributed by atoms with Crippen molar-refractivity contribution in [1.82, 2.24) is 4.98 Å². The quantitative estimate of drug-likeness (QED) is 0.696. The molecule has 0 atom stereocenters. The zero-order chi connectivity index (χ0) is 11.8. The molecule has 17 heavy (non-hydrogen) atoms. The lowest BCUT2D eigenvalue weighted by Gasteiger charge is -1.94. The van der Waals surface area contributed by atoms with Gasteiger partial charge in [0.25, 0.3) is 0 Å². The van der Waals surface area contributed by atoms with Gasteiger partial charge in [0.05, 0.1) is 0 Å². The molecule has 2 aromatic carbocycles. The van der Waals surface area contributed by atoms with Crippen LogP contribution in [0.1, 0.15) is 0 Å². The SMILES string of the molecule is Oc1ccc(-c2nc3cc(F)ccc3o2)cc1. The summed E-state index contributed by atoms with van der Waals surface area (Å²) in [5.74, 6) is 0.240. The first-order valence-corrected chi connectivity index (χ1v) is 5.08. The van der Waals surface area contributed by atoms with E-state index in [2.05, 4.69) is 4.98 Å². The van der Waals surface area contributed by atoms with E-state index in [1.54, 1.807) is 30.3 Å². The maximum atomic E-state index is 13.0. The van der Waals surface area contributed by atoms with Crippen LogP contribution < -0.4 is 0 Å². The molecule has 4 heteroatoms. The van der Waals surface area contributed by atoms with Gasteiger partial charge in [-0.1, -0.05) is 0 Å². The Kier molecular flexibility index (Phi) is 2.08. The lowest BCUT2D eigenvalue weighted by Crippen LogP contribution is -1.76. The van der Waals surface area contributed by atoms with Crippen LogP contribution in [0, 0.1) is 5.82 Å². The number of benzene rings is 2. The summed E-state index contributed by atoms with van der Waals surface area (Å²) in [5, 5.41) is 9.18. The zero-order valence-electron chi connectivity index (χ0n) is 8.72. The molecule has 0 saturated carbocycles. The van der Waals surface area contributed by atoms with Crippen LogP contribution in [0.2, 0.25) is 0 Å². The highest BCUT2D eigenvalue weighted by Crippen LogP contribution is 2.25. The van der Waals surface area contributed by atoms with E-state index in [-0.39, 0.29) is 11.6 Å². The second kappa shape index (κ2) is 3.59. The van der Waals surface area contributed by atoms with Gasteiger partial charge in [-0.2, -0.15) is 0 Å². The van der Waals surface area contributed by atoms with Gasteiger partial charge in [0, 0.05) is 11.6 Å². The Morgan fingerprint density at radius 3 is 2.59 bits per heavy atom. The number of hydrogen-bond donors (Lipinski definition) is 1. The number of aromatic nitrogens is 1. The minimum Gasteiger partial charge on any atom is -0.508 e. The number of halogens is 1. The second-order valence-electron chi connectivity index (χ2n) is 3.68. The highest BCUT2D eigenvalue weighted by Gasteiger charge is 2.08. The summed E-state index contributed by atoms with van der Waals surface area (Å²) < 4.78 is 18.5. The van der Waals surface area contributed by atoms with Crippen molar-refractivity contribution in [3.05, 3.63) is 48.3 Å². The average molecular weight is 229 g/mol. The van der Waals surface area contributed by atoms with E-state index in [9.17, 15) is 9.50 Å². The Bertz CT molecular complexity index is 673. The number of rotatable bonds is 1. The largest absolute Gasteiger partial charge is 0.508 e. The summed E-state index contributed by atoms with van der Waals surface area (Å²) in [6.07, 6.45) is 0. The van der Waals surface area contributed by atoms with E-state index < -0.39 is 0 Å². The number of phenols is 1. The molecule has 0 spiro atoms. The summed E-state index contributed by atoms with van der Waals surface area (Å²) in [6, 6.07) is 10.7. The summed E-state index contributed by atoms with van der Waals surface area (Å²) >= 11 is 0.